The van der Waals surface area contributed by atoms with Crippen molar-refractivity contribution in [2.75, 3.05) is 31.0 Å². The SMILES string of the molecule is Cc1ccc(S(=O)(=O)Nc2ccc(C(=O)NCc3cccc(CN4CCOCC4)c3)cc2)cc1. The molecule has 34 heavy (non-hydrogen) atoms. The average molecular weight is 480 g/mol. The Morgan fingerprint density at radius 1 is 0.941 bits per heavy atom. The van der Waals surface area contributed by atoms with E-state index < -0.39 is 10.0 Å². The van der Waals surface area contributed by atoms with Gasteiger partial charge in [0.25, 0.3) is 15.9 Å². The number of hydrogen-bond acceptors (Lipinski definition) is 5. The van der Waals surface area contributed by atoms with Crippen LogP contribution in [0.5, 0.6) is 0 Å². The number of amides is 1. The van der Waals surface area contributed by atoms with Crippen molar-refractivity contribution in [2.45, 2.75) is 24.9 Å². The highest BCUT2D eigenvalue weighted by Crippen LogP contribution is 2.17. The number of nitrogens with zero attached hydrogens (tertiary/aromatic N) is 1. The van der Waals surface area contributed by atoms with E-state index in [9.17, 15) is 13.2 Å². The summed E-state index contributed by atoms with van der Waals surface area (Å²) in [6, 6.07) is 21.2. The number of sulfonamides is 1. The molecule has 1 aliphatic rings. The van der Waals surface area contributed by atoms with Crippen LogP contribution in [0.4, 0.5) is 5.69 Å². The zero-order valence-electron chi connectivity index (χ0n) is 19.2. The minimum atomic E-state index is -3.69. The van der Waals surface area contributed by atoms with Crippen LogP contribution in [-0.2, 0) is 27.8 Å². The molecule has 0 radical (unpaired) electrons. The summed E-state index contributed by atoms with van der Waals surface area (Å²) in [6.45, 7) is 6.57. The third-order valence-corrected chi connectivity index (χ3v) is 7.08. The first-order chi connectivity index (χ1) is 16.4. The molecule has 0 saturated carbocycles. The van der Waals surface area contributed by atoms with Gasteiger partial charge in [-0.05, 0) is 54.4 Å². The Hall–Kier alpha value is -3.20. The van der Waals surface area contributed by atoms with Crippen LogP contribution < -0.4 is 10.0 Å². The van der Waals surface area contributed by atoms with Gasteiger partial charge in [0.05, 0.1) is 18.1 Å². The average Bonchev–Trinajstić information content (AvgIpc) is 2.84. The molecule has 178 valence electrons. The minimum Gasteiger partial charge on any atom is -0.379 e. The molecule has 1 aliphatic heterocycles. The number of benzene rings is 3. The van der Waals surface area contributed by atoms with E-state index in [1.54, 1.807) is 48.5 Å². The molecule has 0 aliphatic carbocycles. The van der Waals surface area contributed by atoms with Crippen LogP contribution >= 0.6 is 0 Å². The second-order valence-corrected chi connectivity index (χ2v) is 10.1. The Morgan fingerprint density at radius 3 is 2.32 bits per heavy atom. The Balaban J connectivity index is 1.32. The number of carbonyl (C=O) groups is 1. The molecule has 0 spiro atoms. The zero-order chi connectivity index (χ0) is 24.0. The Morgan fingerprint density at radius 2 is 1.62 bits per heavy atom. The van der Waals surface area contributed by atoms with E-state index in [1.165, 1.54) is 5.56 Å². The first kappa shape index (κ1) is 23.9. The van der Waals surface area contributed by atoms with Crippen molar-refractivity contribution in [3.8, 4) is 0 Å². The second-order valence-electron chi connectivity index (χ2n) is 8.39. The van der Waals surface area contributed by atoms with Crippen LogP contribution in [0.1, 0.15) is 27.0 Å². The van der Waals surface area contributed by atoms with Crippen LogP contribution in [0.15, 0.2) is 77.7 Å². The molecule has 4 rings (SSSR count). The van der Waals surface area contributed by atoms with Crippen LogP contribution in [0.25, 0.3) is 0 Å². The molecule has 0 unspecified atom stereocenters. The molecule has 7 nitrogen and oxygen atoms in total. The van der Waals surface area contributed by atoms with Gasteiger partial charge in [0, 0.05) is 37.4 Å². The maximum Gasteiger partial charge on any atom is 0.261 e. The lowest BCUT2D eigenvalue weighted by Crippen LogP contribution is -2.35. The van der Waals surface area contributed by atoms with E-state index in [0.717, 1.165) is 44.0 Å². The van der Waals surface area contributed by atoms with Crippen LogP contribution in [0.3, 0.4) is 0 Å². The monoisotopic (exact) mass is 479 g/mol. The Labute approximate surface area is 200 Å². The third kappa shape index (κ3) is 6.44. The van der Waals surface area contributed by atoms with Crippen molar-refractivity contribution < 1.29 is 17.9 Å². The summed E-state index contributed by atoms with van der Waals surface area (Å²) < 4.78 is 33.0. The van der Waals surface area contributed by atoms with Crippen molar-refractivity contribution >= 4 is 21.6 Å². The second kappa shape index (κ2) is 10.8. The number of nitrogens with one attached hydrogen (secondary N) is 2. The van der Waals surface area contributed by atoms with Gasteiger partial charge in [-0.3, -0.25) is 14.4 Å². The number of rotatable bonds is 8. The van der Waals surface area contributed by atoms with Crippen molar-refractivity contribution in [1.82, 2.24) is 10.2 Å². The molecule has 1 fully saturated rings. The minimum absolute atomic E-state index is 0.191. The van der Waals surface area contributed by atoms with Crippen molar-refractivity contribution in [3.05, 3.63) is 95.1 Å². The smallest absolute Gasteiger partial charge is 0.261 e. The predicted octanol–water partition coefficient (Wildman–Crippen LogP) is 3.56. The normalized spacial score (nSPS) is 14.5. The summed E-state index contributed by atoms with van der Waals surface area (Å²) in [5.41, 5.74) is 4.08. The lowest BCUT2D eigenvalue weighted by atomic mass is 10.1. The van der Waals surface area contributed by atoms with Gasteiger partial charge in [0.15, 0.2) is 0 Å². The topological polar surface area (TPSA) is 87.7 Å². The number of morpholine rings is 1. The molecule has 0 atom stereocenters. The van der Waals surface area contributed by atoms with Gasteiger partial charge in [-0.2, -0.15) is 0 Å². The molecule has 0 bridgehead atoms. The fourth-order valence-corrected chi connectivity index (χ4v) is 4.82. The highest BCUT2D eigenvalue weighted by atomic mass is 32.2. The summed E-state index contributed by atoms with van der Waals surface area (Å²) in [4.78, 5) is 15.1. The van der Waals surface area contributed by atoms with E-state index in [-0.39, 0.29) is 10.8 Å². The van der Waals surface area contributed by atoms with Crippen molar-refractivity contribution in [2.24, 2.45) is 0 Å². The number of hydrogen-bond donors (Lipinski definition) is 2. The van der Waals surface area contributed by atoms with Gasteiger partial charge in [0.2, 0.25) is 0 Å². The van der Waals surface area contributed by atoms with Gasteiger partial charge in [0.1, 0.15) is 0 Å². The maximum absolute atomic E-state index is 12.6. The molecule has 1 heterocycles. The standard InChI is InChI=1S/C26H29N3O4S/c1-20-5-11-25(12-6-20)34(31,32)28-24-9-7-23(8-10-24)26(30)27-18-21-3-2-4-22(17-21)19-29-13-15-33-16-14-29/h2-12,17,28H,13-16,18-19H2,1H3,(H,27,30). The number of carbonyl (C=O) groups excluding carboxylic acids is 1. The maximum atomic E-state index is 12.6. The first-order valence-corrected chi connectivity index (χ1v) is 12.7. The Bertz CT molecular complexity index is 1220. The third-order valence-electron chi connectivity index (χ3n) is 5.68. The number of anilines is 1. The summed E-state index contributed by atoms with van der Waals surface area (Å²) in [7, 11) is -3.69. The van der Waals surface area contributed by atoms with E-state index in [0.29, 0.717) is 17.8 Å². The van der Waals surface area contributed by atoms with Crippen LogP contribution in [0.2, 0.25) is 0 Å². The Kier molecular flexibility index (Phi) is 7.62. The molecular weight excluding hydrogens is 450 g/mol. The van der Waals surface area contributed by atoms with E-state index in [2.05, 4.69) is 27.1 Å². The molecule has 1 amide bonds. The summed E-state index contributed by atoms with van der Waals surface area (Å²) in [6.07, 6.45) is 0. The molecule has 8 heteroatoms. The number of aryl methyl sites for hydroxylation is 1. The van der Waals surface area contributed by atoms with Gasteiger partial charge in [-0.25, -0.2) is 8.42 Å². The highest BCUT2D eigenvalue weighted by molar-refractivity contribution is 7.92. The lowest BCUT2D eigenvalue weighted by Gasteiger charge is -2.26. The first-order valence-electron chi connectivity index (χ1n) is 11.2. The van der Waals surface area contributed by atoms with Crippen molar-refractivity contribution in [3.63, 3.8) is 0 Å². The summed E-state index contributed by atoms with van der Waals surface area (Å²) in [5.74, 6) is -0.216. The number of ether oxygens (including phenoxy) is 1. The van der Waals surface area contributed by atoms with Crippen LogP contribution in [-0.4, -0.2) is 45.5 Å². The van der Waals surface area contributed by atoms with E-state index in [4.69, 9.17) is 4.74 Å². The molecule has 1 saturated heterocycles. The van der Waals surface area contributed by atoms with Gasteiger partial charge in [-0.15, -0.1) is 0 Å². The molecule has 3 aromatic rings. The highest BCUT2D eigenvalue weighted by Gasteiger charge is 2.15. The fourth-order valence-electron chi connectivity index (χ4n) is 3.76. The molecule has 0 aromatic heterocycles. The van der Waals surface area contributed by atoms with E-state index in [1.807, 2.05) is 19.1 Å². The molecule has 3 aromatic carbocycles. The van der Waals surface area contributed by atoms with Gasteiger partial charge in [-0.1, -0.05) is 42.0 Å². The largest absolute Gasteiger partial charge is 0.379 e. The summed E-state index contributed by atoms with van der Waals surface area (Å²) in [5, 5.41) is 2.93. The summed E-state index contributed by atoms with van der Waals surface area (Å²) >= 11 is 0. The lowest BCUT2D eigenvalue weighted by molar-refractivity contribution is 0.0342. The fraction of sp³-hybridized carbons (Fsp3) is 0.269. The quantitative estimate of drug-likeness (QED) is 0.516. The van der Waals surface area contributed by atoms with E-state index >= 15 is 0 Å². The van der Waals surface area contributed by atoms with Crippen molar-refractivity contribution in [1.29, 1.82) is 0 Å². The molecular formula is C26H29N3O4S. The van der Waals surface area contributed by atoms with Gasteiger partial charge < -0.3 is 10.1 Å². The van der Waals surface area contributed by atoms with Gasteiger partial charge >= 0.3 is 0 Å². The molecule has 2 N–H and O–H groups in total. The zero-order valence-corrected chi connectivity index (χ0v) is 20.0. The predicted molar refractivity (Wildman–Crippen MR) is 132 cm³/mol. The van der Waals surface area contributed by atoms with Crippen LogP contribution in [0, 0.1) is 6.92 Å².